The van der Waals surface area contributed by atoms with Crippen molar-refractivity contribution in [1.82, 2.24) is 9.78 Å². The van der Waals surface area contributed by atoms with Crippen molar-refractivity contribution in [2.45, 2.75) is 52.2 Å². The second kappa shape index (κ2) is 5.65. The molecule has 1 heterocycles. The molecule has 0 aliphatic heterocycles. The van der Waals surface area contributed by atoms with Gasteiger partial charge in [0.2, 0.25) is 0 Å². The highest BCUT2D eigenvalue weighted by molar-refractivity contribution is 5.11. The van der Waals surface area contributed by atoms with Gasteiger partial charge in [-0.2, -0.15) is 5.10 Å². The fourth-order valence-electron chi connectivity index (χ4n) is 1.62. The van der Waals surface area contributed by atoms with Crippen LogP contribution in [0.2, 0.25) is 0 Å². The number of hydrogen-bond donors (Lipinski definition) is 1. The van der Waals surface area contributed by atoms with E-state index in [1.165, 1.54) is 5.69 Å². The molecule has 1 atom stereocenters. The molecule has 0 saturated carbocycles. The monoisotopic (exact) mass is 239 g/mol. The highest BCUT2D eigenvalue weighted by atomic mass is 16.5. The average Bonchev–Trinajstić information content (AvgIpc) is 2.56. The maximum absolute atomic E-state index is 6.07. The zero-order valence-electron chi connectivity index (χ0n) is 11.7. The van der Waals surface area contributed by atoms with Gasteiger partial charge in [0.15, 0.2) is 0 Å². The molecule has 0 radical (unpaired) electrons. The molecule has 4 heteroatoms. The van der Waals surface area contributed by atoms with E-state index in [2.05, 4.69) is 18.1 Å². The molecule has 1 unspecified atom stereocenters. The van der Waals surface area contributed by atoms with Crippen LogP contribution in [0.25, 0.3) is 0 Å². The number of aromatic nitrogens is 2. The molecule has 4 nitrogen and oxygen atoms in total. The average molecular weight is 239 g/mol. The van der Waals surface area contributed by atoms with Gasteiger partial charge in [0.1, 0.15) is 0 Å². The minimum Gasteiger partial charge on any atom is -0.374 e. The van der Waals surface area contributed by atoms with Crippen molar-refractivity contribution in [3.63, 3.8) is 0 Å². The summed E-state index contributed by atoms with van der Waals surface area (Å²) in [5, 5.41) is 4.41. The molecule has 0 aromatic carbocycles. The van der Waals surface area contributed by atoms with Gasteiger partial charge in [-0.15, -0.1) is 0 Å². The Bertz CT molecular complexity index is 352. The summed E-state index contributed by atoms with van der Waals surface area (Å²) in [6.07, 6.45) is 1.77. The van der Waals surface area contributed by atoms with E-state index in [-0.39, 0.29) is 11.6 Å². The summed E-state index contributed by atoms with van der Waals surface area (Å²) in [4.78, 5) is 0. The molecular formula is C13H25N3O. The van der Waals surface area contributed by atoms with E-state index in [4.69, 9.17) is 10.5 Å². The van der Waals surface area contributed by atoms with Crippen molar-refractivity contribution in [3.05, 3.63) is 17.5 Å². The van der Waals surface area contributed by atoms with Crippen LogP contribution >= 0.6 is 0 Å². The SMILES string of the molecule is CCc1cc(CC(N)COC(C)(C)C)n(C)n1. The number of aryl methyl sites for hydroxylation is 2. The Morgan fingerprint density at radius 1 is 1.47 bits per heavy atom. The van der Waals surface area contributed by atoms with Crippen LogP contribution in [0, 0.1) is 0 Å². The van der Waals surface area contributed by atoms with Crippen LogP contribution in [0.4, 0.5) is 0 Å². The number of rotatable bonds is 5. The predicted octanol–water partition coefficient (Wildman–Crippen LogP) is 1.67. The lowest BCUT2D eigenvalue weighted by Gasteiger charge is -2.22. The van der Waals surface area contributed by atoms with Gasteiger partial charge in [-0.1, -0.05) is 6.92 Å². The van der Waals surface area contributed by atoms with E-state index < -0.39 is 0 Å². The molecular weight excluding hydrogens is 214 g/mol. The standard InChI is InChI=1S/C13H25N3O/c1-6-11-8-12(16(5)15-11)7-10(14)9-17-13(2,3)4/h8,10H,6-7,9,14H2,1-5H3. The first-order valence-corrected chi connectivity index (χ1v) is 6.23. The van der Waals surface area contributed by atoms with Gasteiger partial charge in [-0.25, -0.2) is 0 Å². The minimum absolute atomic E-state index is 0.0225. The Morgan fingerprint density at radius 2 is 2.12 bits per heavy atom. The number of hydrogen-bond acceptors (Lipinski definition) is 3. The van der Waals surface area contributed by atoms with E-state index in [0.717, 1.165) is 18.5 Å². The lowest BCUT2D eigenvalue weighted by atomic mass is 10.1. The van der Waals surface area contributed by atoms with Crippen LogP contribution in [0.5, 0.6) is 0 Å². The van der Waals surface area contributed by atoms with Gasteiger partial charge < -0.3 is 10.5 Å². The molecule has 0 amide bonds. The Kier molecular flexibility index (Phi) is 4.71. The summed E-state index contributed by atoms with van der Waals surface area (Å²) in [6.45, 7) is 8.81. The summed E-state index contributed by atoms with van der Waals surface area (Å²) < 4.78 is 7.59. The first-order chi connectivity index (χ1) is 7.81. The van der Waals surface area contributed by atoms with Crippen LogP contribution in [0.3, 0.4) is 0 Å². The van der Waals surface area contributed by atoms with Crippen molar-refractivity contribution < 1.29 is 4.74 Å². The van der Waals surface area contributed by atoms with Crippen molar-refractivity contribution >= 4 is 0 Å². The normalized spacial score (nSPS) is 14.0. The second-order valence-corrected chi connectivity index (χ2v) is 5.49. The second-order valence-electron chi connectivity index (χ2n) is 5.49. The zero-order chi connectivity index (χ0) is 13.1. The molecule has 0 saturated heterocycles. The summed E-state index contributed by atoms with van der Waals surface area (Å²) in [7, 11) is 1.96. The number of ether oxygens (including phenoxy) is 1. The van der Waals surface area contributed by atoms with Crippen LogP contribution in [0.1, 0.15) is 39.1 Å². The smallest absolute Gasteiger partial charge is 0.0628 e. The van der Waals surface area contributed by atoms with Crippen LogP contribution < -0.4 is 5.73 Å². The van der Waals surface area contributed by atoms with Gasteiger partial charge in [-0.05, 0) is 33.3 Å². The van der Waals surface area contributed by atoms with Crippen molar-refractivity contribution in [2.24, 2.45) is 12.8 Å². The fraction of sp³-hybridized carbons (Fsp3) is 0.769. The Hall–Kier alpha value is -0.870. The van der Waals surface area contributed by atoms with Crippen LogP contribution in [-0.2, 0) is 24.6 Å². The third-order valence-electron chi connectivity index (χ3n) is 2.59. The highest BCUT2D eigenvalue weighted by Gasteiger charge is 2.14. The Labute approximate surface area is 104 Å². The maximum Gasteiger partial charge on any atom is 0.0628 e. The summed E-state index contributed by atoms with van der Waals surface area (Å²) in [5.41, 5.74) is 8.23. The van der Waals surface area contributed by atoms with E-state index in [0.29, 0.717) is 6.61 Å². The Balaban J connectivity index is 2.50. The molecule has 0 fully saturated rings. The summed E-state index contributed by atoms with van der Waals surface area (Å²) in [5.74, 6) is 0. The van der Waals surface area contributed by atoms with Gasteiger partial charge >= 0.3 is 0 Å². The van der Waals surface area contributed by atoms with Gasteiger partial charge in [0.25, 0.3) is 0 Å². The zero-order valence-corrected chi connectivity index (χ0v) is 11.7. The molecule has 0 aliphatic rings. The summed E-state index contributed by atoms with van der Waals surface area (Å²) in [6, 6.07) is 2.14. The first kappa shape index (κ1) is 14.2. The highest BCUT2D eigenvalue weighted by Crippen LogP contribution is 2.10. The van der Waals surface area contributed by atoms with Gasteiger partial charge in [0, 0.05) is 25.2 Å². The molecule has 0 aliphatic carbocycles. The molecule has 0 spiro atoms. The van der Waals surface area contributed by atoms with Gasteiger partial charge in [-0.3, -0.25) is 4.68 Å². The molecule has 1 aromatic rings. The van der Waals surface area contributed by atoms with E-state index in [1.54, 1.807) is 0 Å². The number of nitrogens with zero attached hydrogens (tertiary/aromatic N) is 2. The van der Waals surface area contributed by atoms with Crippen molar-refractivity contribution in [1.29, 1.82) is 0 Å². The largest absolute Gasteiger partial charge is 0.374 e. The van der Waals surface area contributed by atoms with Gasteiger partial charge in [0.05, 0.1) is 17.9 Å². The summed E-state index contributed by atoms with van der Waals surface area (Å²) >= 11 is 0. The molecule has 1 rings (SSSR count). The van der Waals surface area contributed by atoms with E-state index >= 15 is 0 Å². The van der Waals surface area contributed by atoms with E-state index in [9.17, 15) is 0 Å². The van der Waals surface area contributed by atoms with Crippen molar-refractivity contribution in [3.8, 4) is 0 Å². The van der Waals surface area contributed by atoms with E-state index in [1.807, 2.05) is 32.5 Å². The minimum atomic E-state index is -0.126. The Morgan fingerprint density at radius 3 is 2.59 bits per heavy atom. The molecule has 98 valence electrons. The quantitative estimate of drug-likeness (QED) is 0.850. The first-order valence-electron chi connectivity index (χ1n) is 6.23. The fourth-order valence-corrected chi connectivity index (χ4v) is 1.62. The molecule has 1 aromatic heterocycles. The number of nitrogens with two attached hydrogens (primary N) is 1. The third kappa shape index (κ3) is 4.88. The van der Waals surface area contributed by atoms with Crippen LogP contribution in [0.15, 0.2) is 6.07 Å². The molecule has 0 bridgehead atoms. The lowest BCUT2D eigenvalue weighted by molar-refractivity contribution is -0.00999. The molecule has 2 N–H and O–H groups in total. The van der Waals surface area contributed by atoms with Crippen LogP contribution in [-0.4, -0.2) is 28.0 Å². The topological polar surface area (TPSA) is 53.1 Å². The van der Waals surface area contributed by atoms with Crippen molar-refractivity contribution in [2.75, 3.05) is 6.61 Å². The third-order valence-corrected chi connectivity index (χ3v) is 2.59. The maximum atomic E-state index is 6.07. The lowest BCUT2D eigenvalue weighted by Crippen LogP contribution is -2.34. The molecule has 17 heavy (non-hydrogen) atoms. The predicted molar refractivity (Wildman–Crippen MR) is 70.0 cm³/mol.